The summed E-state index contributed by atoms with van der Waals surface area (Å²) in [6.07, 6.45) is 4.76. The monoisotopic (exact) mass is 270 g/mol. The number of hydrogen-bond donors (Lipinski definition) is 2. The minimum atomic E-state index is -1.04. The van der Waals surface area contributed by atoms with Gasteiger partial charge in [-0.2, -0.15) is 0 Å². The number of urea groups is 1. The number of ether oxygens (including phenoxy) is 1. The third kappa shape index (κ3) is 7.46. The molecule has 19 heavy (non-hydrogen) atoms. The molecule has 0 spiro atoms. The number of nitrogens with one attached hydrogen (secondary N) is 1. The number of aliphatic carboxylic acids is 1. The highest BCUT2D eigenvalue weighted by atomic mass is 16.5. The maximum atomic E-state index is 11.7. The lowest BCUT2D eigenvalue weighted by Gasteiger charge is -2.19. The second kappa shape index (κ2) is 8.53. The van der Waals surface area contributed by atoms with Crippen LogP contribution >= 0.6 is 0 Å². The highest BCUT2D eigenvalue weighted by molar-refractivity contribution is 5.80. The minimum Gasteiger partial charge on any atom is -0.480 e. The Hall–Kier alpha value is -1.56. The quantitative estimate of drug-likeness (QED) is 0.460. The van der Waals surface area contributed by atoms with Crippen LogP contribution in [0.2, 0.25) is 0 Å². The van der Waals surface area contributed by atoms with Gasteiger partial charge in [0, 0.05) is 26.3 Å². The maximum Gasteiger partial charge on any atom is 0.323 e. The van der Waals surface area contributed by atoms with Crippen molar-refractivity contribution in [2.45, 2.75) is 19.3 Å². The standard InChI is InChI=1S/C13H22N2O4/c1-2-7-15(9-12(16)17)13(18)14-6-3-8-19-10-11-4-5-11/h2,11H,1,3-10H2,(H,14,18)(H,16,17). The van der Waals surface area contributed by atoms with Gasteiger partial charge in [-0.05, 0) is 25.2 Å². The van der Waals surface area contributed by atoms with Crippen molar-refractivity contribution in [3.05, 3.63) is 12.7 Å². The van der Waals surface area contributed by atoms with Crippen LogP contribution in [-0.2, 0) is 9.53 Å². The van der Waals surface area contributed by atoms with Crippen LogP contribution in [0.5, 0.6) is 0 Å². The normalized spacial score (nSPS) is 13.9. The Morgan fingerprint density at radius 3 is 2.79 bits per heavy atom. The third-order valence-corrected chi connectivity index (χ3v) is 2.75. The number of carboxylic acid groups (broad SMARTS) is 1. The largest absolute Gasteiger partial charge is 0.480 e. The van der Waals surface area contributed by atoms with Gasteiger partial charge in [0.25, 0.3) is 0 Å². The first-order valence-electron chi connectivity index (χ1n) is 6.56. The Morgan fingerprint density at radius 1 is 1.47 bits per heavy atom. The molecule has 0 saturated heterocycles. The molecule has 0 aliphatic heterocycles. The van der Waals surface area contributed by atoms with E-state index < -0.39 is 5.97 Å². The fraction of sp³-hybridized carbons (Fsp3) is 0.692. The van der Waals surface area contributed by atoms with Gasteiger partial charge in [-0.15, -0.1) is 6.58 Å². The van der Waals surface area contributed by atoms with E-state index in [0.717, 1.165) is 18.9 Å². The average Bonchev–Trinajstić information content (AvgIpc) is 3.16. The van der Waals surface area contributed by atoms with Crippen LogP contribution in [0.25, 0.3) is 0 Å². The number of carbonyl (C=O) groups excluding carboxylic acids is 1. The molecule has 2 N–H and O–H groups in total. The van der Waals surface area contributed by atoms with Crippen molar-refractivity contribution in [1.29, 1.82) is 0 Å². The number of carbonyl (C=O) groups is 2. The molecule has 0 aromatic heterocycles. The smallest absolute Gasteiger partial charge is 0.323 e. The zero-order valence-corrected chi connectivity index (χ0v) is 11.1. The topological polar surface area (TPSA) is 78.9 Å². The fourth-order valence-corrected chi connectivity index (χ4v) is 1.55. The van der Waals surface area contributed by atoms with E-state index in [1.807, 2.05) is 0 Å². The lowest BCUT2D eigenvalue weighted by Crippen LogP contribution is -2.43. The predicted octanol–water partition coefficient (Wildman–Crippen LogP) is 1.09. The van der Waals surface area contributed by atoms with Crippen molar-refractivity contribution in [1.82, 2.24) is 10.2 Å². The Labute approximate surface area is 113 Å². The van der Waals surface area contributed by atoms with Crippen molar-refractivity contribution in [3.8, 4) is 0 Å². The third-order valence-electron chi connectivity index (χ3n) is 2.75. The van der Waals surface area contributed by atoms with Crippen LogP contribution in [0.4, 0.5) is 4.79 Å². The number of hydrogen-bond acceptors (Lipinski definition) is 3. The van der Waals surface area contributed by atoms with Crippen LogP contribution in [0.1, 0.15) is 19.3 Å². The molecule has 1 aliphatic rings. The lowest BCUT2D eigenvalue weighted by molar-refractivity contribution is -0.137. The molecule has 6 nitrogen and oxygen atoms in total. The van der Waals surface area contributed by atoms with Crippen LogP contribution in [-0.4, -0.2) is 54.9 Å². The van der Waals surface area contributed by atoms with Crippen molar-refractivity contribution in [2.24, 2.45) is 5.92 Å². The van der Waals surface area contributed by atoms with E-state index in [1.165, 1.54) is 23.8 Å². The SMILES string of the molecule is C=CCN(CC(=O)O)C(=O)NCCCOCC1CC1. The fourth-order valence-electron chi connectivity index (χ4n) is 1.55. The molecule has 6 heteroatoms. The van der Waals surface area contributed by atoms with Gasteiger partial charge in [-0.25, -0.2) is 4.79 Å². The molecule has 1 saturated carbocycles. The summed E-state index contributed by atoms with van der Waals surface area (Å²) in [5.41, 5.74) is 0. The molecule has 0 unspecified atom stereocenters. The van der Waals surface area contributed by atoms with Gasteiger partial charge in [0.2, 0.25) is 0 Å². The molecule has 1 fully saturated rings. The molecular weight excluding hydrogens is 248 g/mol. The van der Waals surface area contributed by atoms with Crippen molar-refractivity contribution < 1.29 is 19.4 Å². The van der Waals surface area contributed by atoms with Gasteiger partial charge >= 0.3 is 12.0 Å². The molecule has 2 amide bonds. The van der Waals surface area contributed by atoms with Gasteiger partial charge in [0.1, 0.15) is 6.54 Å². The van der Waals surface area contributed by atoms with Gasteiger partial charge in [0.15, 0.2) is 0 Å². The molecule has 108 valence electrons. The first kappa shape index (κ1) is 15.5. The zero-order valence-electron chi connectivity index (χ0n) is 11.1. The maximum absolute atomic E-state index is 11.7. The van der Waals surface area contributed by atoms with Crippen molar-refractivity contribution >= 4 is 12.0 Å². The number of amides is 2. The summed E-state index contributed by atoms with van der Waals surface area (Å²) in [6.45, 7) is 5.31. The minimum absolute atomic E-state index is 0.219. The molecular formula is C13H22N2O4. The molecule has 0 heterocycles. The molecule has 0 bridgehead atoms. The molecule has 0 atom stereocenters. The Morgan fingerprint density at radius 2 is 2.21 bits per heavy atom. The van der Waals surface area contributed by atoms with Crippen molar-refractivity contribution in [3.63, 3.8) is 0 Å². The van der Waals surface area contributed by atoms with E-state index in [2.05, 4.69) is 11.9 Å². The summed E-state index contributed by atoms with van der Waals surface area (Å²) in [4.78, 5) is 23.5. The summed E-state index contributed by atoms with van der Waals surface area (Å²) in [5.74, 6) is -0.294. The van der Waals surface area contributed by atoms with E-state index in [0.29, 0.717) is 13.2 Å². The van der Waals surface area contributed by atoms with Crippen LogP contribution in [0, 0.1) is 5.92 Å². The summed E-state index contributed by atoms with van der Waals surface area (Å²) in [5, 5.41) is 11.4. The van der Waals surface area contributed by atoms with Gasteiger partial charge < -0.3 is 20.1 Å². The number of rotatable bonds is 10. The van der Waals surface area contributed by atoms with Crippen molar-refractivity contribution in [2.75, 3.05) is 32.8 Å². The van der Waals surface area contributed by atoms with E-state index in [-0.39, 0.29) is 19.1 Å². The van der Waals surface area contributed by atoms with Gasteiger partial charge in [0.05, 0.1) is 0 Å². The molecule has 0 aromatic carbocycles. The van der Waals surface area contributed by atoms with Gasteiger partial charge in [-0.3, -0.25) is 4.79 Å². The first-order chi connectivity index (χ1) is 9.13. The number of carboxylic acids is 1. The molecule has 0 aromatic rings. The zero-order chi connectivity index (χ0) is 14.1. The van der Waals surface area contributed by atoms with Crippen LogP contribution in [0.3, 0.4) is 0 Å². The molecule has 1 aliphatic carbocycles. The van der Waals surface area contributed by atoms with Crippen LogP contribution in [0.15, 0.2) is 12.7 Å². The average molecular weight is 270 g/mol. The van der Waals surface area contributed by atoms with E-state index in [1.54, 1.807) is 0 Å². The van der Waals surface area contributed by atoms with E-state index in [9.17, 15) is 9.59 Å². The second-order valence-corrected chi connectivity index (χ2v) is 4.67. The highest BCUT2D eigenvalue weighted by Crippen LogP contribution is 2.28. The predicted molar refractivity (Wildman–Crippen MR) is 71.0 cm³/mol. The first-order valence-corrected chi connectivity index (χ1v) is 6.56. The molecule has 1 rings (SSSR count). The summed E-state index contributed by atoms with van der Waals surface area (Å²) in [6, 6.07) is -0.385. The summed E-state index contributed by atoms with van der Waals surface area (Å²) >= 11 is 0. The van der Waals surface area contributed by atoms with E-state index >= 15 is 0 Å². The Balaban J connectivity index is 2.08. The Bertz CT molecular complexity index is 316. The lowest BCUT2D eigenvalue weighted by atomic mass is 10.4. The Kier molecular flexibility index (Phi) is 6.95. The highest BCUT2D eigenvalue weighted by Gasteiger charge is 2.20. The van der Waals surface area contributed by atoms with Gasteiger partial charge in [-0.1, -0.05) is 6.08 Å². The summed E-state index contributed by atoms with van der Waals surface area (Å²) < 4.78 is 5.44. The summed E-state index contributed by atoms with van der Waals surface area (Å²) in [7, 11) is 0. The second-order valence-electron chi connectivity index (χ2n) is 4.67. The van der Waals surface area contributed by atoms with Crippen LogP contribution < -0.4 is 5.32 Å². The number of nitrogens with zero attached hydrogens (tertiary/aromatic N) is 1. The van der Waals surface area contributed by atoms with E-state index in [4.69, 9.17) is 9.84 Å². The molecule has 0 radical (unpaired) electrons.